The zero-order valence-electron chi connectivity index (χ0n) is 18.3. The Morgan fingerprint density at radius 1 is 1.09 bits per heavy atom. The highest BCUT2D eigenvalue weighted by atomic mass is 35.5. The molecule has 0 heterocycles. The van der Waals surface area contributed by atoms with Gasteiger partial charge in [0.15, 0.2) is 0 Å². The lowest BCUT2D eigenvalue weighted by Crippen LogP contribution is -2.39. The van der Waals surface area contributed by atoms with Crippen molar-refractivity contribution in [3.63, 3.8) is 0 Å². The smallest absolute Gasteiger partial charge is 0.255 e. The van der Waals surface area contributed by atoms with E-state index in [0.717, 1.165) is 4.31 Å². The van der Waals surface area contributed by atoms with Crippen LogP contribution in [0.3, 0.4) is 0 Å². The molecule has 0 radical (unpaired) electrons. The highest BCUT2D eigenvalue weighted by Crippen LogP contribution is 2.21. The number of para-hydroxylation sites is 1. The van der Waals surface area contributed by atoms with Gasteiger partial charge in [-0.15, -0.1) is 0 Å². The van der Waals surface area contributed by atoms with E-state index in [-0.39, 0.29) is 11.4 Å². The van der Waals surface area contributed by atoms with Crippen LogP contribution >= 0.6 is 11.6 Å². The van der Waals surface area contributed by atoms with Crippen molar-refractivity contribution in [3.8, 4) is 5.75 Å². The van der Waals surface area contributed by atoms with Crippen molar-refractivity contribution in [2.75, 3.05) is 13.2 Å². The molecule has 0 bridgehead atoms. The van der Waals surface area contributed by atoms with E-state index < -0.39 is 28.3 Å². The molecule has 0 saturated carbocycles. The highest BCUT2D eigenvalue weighted by molar-refractivity contribution is 7.89. The van der Waals surface area contributed by atoms with Gasteiger partial charge < -0.3 is 4.74 Å². The first-order chi connectivity index (χ1) is 16.3. The molecule has 0 unspecified atom stereocenters. The van der Waals surface area contributed by atoms with Gasteiger partial charge in [0, 0.05) is 17.1 Å². The van der Waals surface area contributed by atoms with Gasteiger partial charge in [0.1, 0.15) is 11.6 Å². The molecule has 7 nitrogen and oxygen atoms in total. The zero-order chi connectivity index (χ0) is 24.6. The van der Waals surface area contributed by atoms with Gasteiger partial charge in [0.05, 0.1) is 24.3 Å². The van der Waals surface area contributed by atoms with Gasteiger partial charge in [-0.2, -0.15) is 9.41 Å². The third-order valence-electron chi connectivity index (χ3n) is 4.66. The third-order valence-corrected chi connectivity index (χ3v) is 6.71. The summed E-state index contributed by atoms with van der Waals surface area (Å²) in [6.07, 6.45) is 1.42. The minimum atomic E-state index is -4.06. The van der Waals surface area contributed by atoms with Gasteiger partial charge in [-0.05, 0) is 61.0 Å². The maximum atomic E-state index is 13.3. The number of hydrogen-bond acceptors (Lipinski definition) is 5. The normalized spacial score (nSPS) is 11.6. The van der Waals surface area contributed by atoms with Gasteiger partial charge in [-0.1, -0.05) is 35.9 Å². The van der Waals surface area contributed by atoms with Crippen LogP contribution in [0.4, 0.5) is 4.39 Å². The van der Waals surface area contributed by atoms with Crippen molar-refractivity contribution in [1.82, 2.24) is 9.73 Å². The lowest BCUT2D eigenvalue weighted by atomic mass is 10.2. The van der Waals surface area contributed by atoms with Gasteiger partial charge in [-0.25, -0.2) is 18.2 Å². The lowest BCUT2D eigenvalue weighted by molar-refractivity contribution is -0.121. The highest BCUT2D eigenvalue weighted by Gasteiger charge is 2.27. The molecule has 1 amide bonds. The maximum absolute atomic E-state index is 13.3. The largest absolute Gasteiger partial charge is 0.493 e. The van der Waals surface area contributed by atoms with Crippen LogP contribution in [-0.4, -0.2) is 38.0 Å². The average molecular weight is 504 g/mol. The van der Waals surface area contributed by atoms with Crippen molar-refractivity contribution in [2.24, 2.45) is 5.10 Å². The topological polar surface area (TPSA) is 88.1 Å². The minimum Gasteiger partial charge on any atom is -0.493 e. The number of carbonyl (C=O) groups is 1. The third kappa shape index (κ3) is 6.86. The number of hydrazone groups is 1. The number of ether oxygens (including phenoxy) is 1. The number of amides is 1. The maximum Gasteiger partial charge on any atom is 0.255 e. The number of nitrogens with zero attached hydrogens (tertiary/aromatic N) is 2. The molecular formula is C24H23ClFN3O4S. The van der Waals surface area contributed by atoms with E-state index in [1.54, 1.807) is 18.2 Å². The second kappa shape index (κ2) is 11.7. The quantitative estimate of drug-likeness (QED) is 0.331. The SMILES string of the molecule is CCOc1ccccc1/C=N\NC(=O)CN(Cc1ccc(F)cc1)S(=O)(=O)c1ccc(Cl)cc1. The fourth-order valence-electron chi connectivity index (χ4n) is 3.02. The molecule has 0 fully saturated rings. The predicted molar refractivity (Wildman–Crippen MR) is 129 cm³/mol. The van der Waals surface area contributed by atoms with Crippen molar-refractivity contribution >= 4 is 33.7 Å². The van der Waals surface area contributed by atoms with Gasteiger partial charge >= 0.3 is 0 Å². The van der Waals surface area contributed by atoms with Crippen LogP contribution in [0.1, 0.15) is 18.1 Å². The predicted octanol–water partition coefficient (Wildman–Crippen LogP) is 4.22. The standard InChI is InChI=1S/C24H23ClFN3O4S/c1-2-33-23-6-4-3-5-19(23)15-27-28-24(30)17-29(16-18-7-11-21(26)12-8-18)34(31,32)22-13-9-20(25)10-14-22/h3-15H,2,16-17H2,1H3,(H,28,30)/b27-15-. The van der Waals surface area contributed by atoms with E-state index >= 15 is 0 Å². The summed E-state index contributed by atoms with van der Waals surface area (Å²) in [7, 11) is -4.06. The monoisotopic (exact) mass is 503 g/mol. The molecule has 3 aromatic rings. The van der Waals surface area contributed by atoms with E-state index in [2.05, 4.69) is 10.5 Å². The fourth-order valence-corrected chi connectivity index (χ4v) is 4.53. The summed E-state index contributed by atoms with van der Waals surface area (Å²) in [4.78, 5) is 12.6. The van der Waals surface area contributed by atoms with Crippen LogP contribution in [0.2, 0.25) is 5.02 Å². The van der Waals surface area contributed by atoms with Crippen molar-refractivity contribution in [1.29, 1.82) is 0 Å². The molecule has 0 aliphatic carbocycles. The summed E-state index contributed by atoms with van der Waals surface area (Å²) >= 11 is 5.88. The molecule has 10 heteroatoms. The van der Waals surface area contributed by atoms with Crippen molar-refractivity contribution in [3.05, 3.63) is 94.8 Å². The summed E-state index contributed by atoms with van der Waals surface area (Å²) in [5, 5.41) is 4.31. The Morgan fingerprint density at radius 3 is 2.44 bits per heavy atom. The summed E-state index contributed by atoms with van der Waals surface area (Å²) in [5.41, 5.74) is 3.52. The van der Waals surface area contributed by atoms with E-state index in [4.69, 9.17) is 16.3 Å². The molecule has 0 aromatic heterocycles. The lowest BCUT2D eigenvalue weighted by Gasteiger charge is -2.21. The summed E-state index contributed by atoms with van der Waals surface area (Å²) in [5.74, 6) is -0.494. The molecule has 0 aliphatic heterocycles. The van der Waals surface area contributed by atoms with E-state index in [9.17, 15) is 17.6 Å². The number of sulfonamides is 1. The number of nitrogens with one attached hydrogen (secondary N) is 1. The average Bonchev–Trinajstić information content (AvgIpc) is 2.81. The van der Waals surface area contributed by atoms with Crippen LogP contribution < -0.4 is 10.2 Å². The Morgan fingerprint density at radius 2 is 1.76 bits per heavy atom. The van der Waals surface area contributed by atoms with Crippen molar-refractivity contribution < 1.29 is 22.3 Å². The van der Waals surface area contributed by atoms with Gasteiger partial charge in [0.2, 0.25) is 10.0 Å². The Balaban J connectivity index is 1.78. The summed E-state index contributed by atoms with van der Waals surface area (Å²) in [6.45, 7) is 1.67. The molecule has 0 saturated heterocycles. The fraction of sp³-hybridized carbons (Fsp3) is 0.167. The summed E-state index contributed by atoms with van der Waals surface area (Å²) in [6, 6.07) is 18.1. The summed E-state index contributed by atoms with van der Waals surface area (Å²) < 4.78 is 46.3. The molecule has 3 aromatic carbocycles. The molecule has 0 aliphatic rings. The minimum absolute atomic E-state index is 0.0269. The first kappa shape index (κ1) is 25.4. The second-order valence-electron chi connectivity index (χ2n) is 7.12. The number of hydrogen-bond donors (Lipinski definition) is 1. The molecule has 3 rings (SSSR count). The Labute approximate surface area is 202 Å². The van der Waals surface area contributed by atoms with E-state index in [1.807, 2.05) is 13.0 Å². The van der Waals surface area contributed by atoms with Crippen LogP contribution in [-0.2, 0) is 21.4 Å². The van der Waals surface area contributed by atoms with E-state index in [0.29, 0.717) is 28.5 Å². The number of carbonyl (C=O) groups excluding carboxylic acids is 1. The van der Waals surface area contributed by atoms with Crippen LogP contribution in [0, 0.1) is 5.82 Å². The Bertz CT molecular complexity index is 1250. The number of benzene rings is 3. The van der Waals surface area contributed by atoms with Gasteiger partial charge in [0.25, 0.3) is 5.91 Å². The first-order valence-electron chi connectivity index (χ1n) is 10.3. The Hall–Kier alpha value is -3.27. The molecular weight excluding hydrogens is 481 g/mol. The van der Waals surface area contributed by atoms with E-state index in [1.165, 1.54) is 54.7 Å². The molecule has 1 N–H and O–H groups in total. The Kier molecular flexibility index (Phi) is 8.75. The van der Waals surface area contributed by atoms with Crippen LogP contribution in [0.25, 0.3) is 0 Å². The van der Waals surface area contributed by atoms with Crippen LogP contribution in [0.15, 0.2) is 82.8 Å². The second-order valence-corrected chi connectivity index (χ2v) is 9.49. The zero-order valence-corrected chi connectivity index (χ0v) is 19.9. The molecule has 178 valence electrons. The van der Waals surface area contributed by atoms with Crippen molar-refractivity contribution in [2.45, 2.75) is 18.4 Å². The van der Waals surface area contributed by atoms with Crippen LogP contribution in [0.5, 0.6) is 5.75 Å². The first-order valence-corrected chi connectivity index (χ1v) is 12.2. The number of rotatable bonds is 10. The molecule has 34 heavy (non-hydrogen) atoms. The molecule has 0 atom stereocenters. The van der Waals surface area contributed by atoms with Gasteiger partial charge in [-0.3, -0.25) is 4.79 Å². The molecule has 0 spiro atoms. The number of halogens is 2.